The normalized spacial score (nSPS) is 31.2. The maximum Gasteiger partial charge on any atom is 0.244 e. The summed E-state index contributed by atoms with van der Waals surface area (Å²) in [6, 6.07) is 0.468. The van der Waals surface area contributed by atoms with Crippen molar-refractivity contribution in [3.63, 3.8) is 0 Å². The van der Waals surface area contributed by atoms with E-state index >= 15 is 0 Å². The number of hydrogen-bond acceptors (Lipinski definition) is 2. The van der Waals surface area contributed by atoms with Gasteiger partial charge < -0.3 is 4.90 Å². The molecule has 3 nitrogen and oxygen atoms in total. The van der Waals surface area contributed by atoms with E-state index in [1.54, 1.807) is 0 Å². The summed E-state index contributed by atoms with van der Waals surface area (Å²) in [5, 5.41) is 3.75. The van der Waals surface area contributed by atoms with E-state index in [2.05, 4.69) is 24.1 Å². The van der Waals surface area contributed by atoms with Crippen LogP contribution in [0.1, 0.15) is 84.5 Å². The lowest BCUT2D eigenvalue weighted by atomic mass is 9.81. The minimum absolute atomic E-state index is 0.192. The van der Waals surface area contributed by atoms with Crippen LogP contribution in [0.3, 0.4) is 0 Å². The maximum absolute atomic E-state index is 13.2. The van der Waals surface area contributed by atoms with Crippen LogP contribution in [0.5, 0.6) is 0 Å². The van der Waals surface area contributed by atoms with E-state index in [4.69, 9.17) is 0 Å². The Balaban J connectivity index is 1.81. The zero-order valence-electron chi connectivity index (χ0n) is 13.9. The molecule has 2 saturated carbocycles. The molecule has 0 bridgehead atoms. The number of carbonyl (C=O) groups is 1. The highest BCUT2D eigenvalue weighted by Gasteiger charge is 2.53. The molecule has 0 radical (unpaired) electrons. The van der Waals surface area contributed by atoms with Crippen molar-refractivity contribution < 1.29 is 4.79 Å². The molecule has 120 valence electrons. The summed E-state index contributed by atoms with van der Waals surface area (Å²) in [6.45, 7) is 4.50. The van der Waals surface area contributed by atoms with Crippen LogP contribution in [0.4, 0.5) is 0 Å². The molecular formula is C18H32N2O. The summed E-state index contributed by atoms with van der Waals surface area (Å²) in [4.78, 5) is 15.5. The minimum Gasteiger partial charge on any atom is -0.322 e. The Kier molecular flexibility index (Phi) is 4.58. The van der Waals surface area contributed by atoms with Crippen LogP contribution in [0.25, 0.3) is 0 Å². The molecule has 2 unspecified atom stereocenters. The first kappa shape index (κ1) is 15.3. The summed E-state index contributed by atoms with van der Waals surface area (Å²) < 4.78 is 0. The third-order valence-corrected chi connectivity index (χ3v) is 6.24. The number of rotatable bonds is 4. The Morgan fingerprint density at radius 3 is 2.38 bits per heavy atom. The number of hydrogen-bond donors (Lipinski definition) is 1. The number of nitrogens with one attached hydrogen (secondary N) is 1. The van der Waals surface area contributed by atoms with Crippen molar-refractivity contribution in [1.29, 1.82) is 0 Å². The summed E-state index contributed by atoms with van der Waals surface area (Å²) in [5.41, 5.74) is -0.192. The van der Waals surface area contributed by atoms with Gasteiger partial charge in [-0.05, 0) is 44.4 Å². The van der Waals surface area contributed by atoms with Gasteiger partial charge in [-0.2, -0.15) is 0 Å². The van der Waals surface area contributed by atoms with Crippen LogP contribution >= 0.6 is 0 Å². The topological polar surface area (TPSA) is 32.3 Å². The first-order chi connectivity index (χ1) is 10.2. The van der Waals surface area contributed by atoms with Gasteiger partial charge in [-0.15, -0.1) is 0 Å². The molecular weight excluding hydrogens is 260 g/mol. The second-order valence-electron chi connectivity index (χ2n) is 7.44. The maximum atomic E-state index is 13.2. The van der Waals surface area contributed by atoms with Gasteiger partial charge >= 0.3 is 0 Å². The Morgan fingerprint density at radius 1 is 1.14 bits per heavy atom. The first-order valence-electron chi connectivity index (χ1n) is 9.32. The standard InChI is InChI=1S/C18H32N2O/c1-3-15(14-10-6-5-7-11-14)20-16(4-2)19-18(17(20)21)12-8-9-13-18/h14-16,19H,3-13H2,1-2H3. The largest absolute Gasteiger partial charge is 0.322 e. The quantitative estimate of drug-likeness (QED) is 0.854. The predicted molar refractivity (Wildman–Crippen MR) is 85.9 cm³/mol. The summed E-state index contributed by atoms with van der Waals surface area (Å²) in [7, 11) is 0. The zero-order chi connectivity index (χ0) is 14.9. The van der Waals surface area contributed by atoms with Crippen LogP contribution in [0.15, 0.2) is 0 Å². The van der Waals surface area contributed by atoms with Crippen molar-refractivity contribution >= 4 is 5.91 Å². The second kappa shape index (κ2) is 6.28. The summed E-state index contributed by atoms with van der Waals surface area (Å²) >= 11 is 0. The lowest BCUT2D eigenvalue weighted by Gasteiger charge is -2.39. The minimum atomic E-state index is -0.192. The zero-order valence-corrected chi connectivity index (χ0v) is 13.9. The smallest absolute Gasteiger partial charge is 0.244 e. The molecule has 0 aromatic heterocycles. The molecule has 3 aliphatic rings. The molecule has 1 N–H and O–H groups in total. The van der Waals surface area contributed by atoms with Gasteiger partial charge in [0.15, 0.2) is 0 Å². The molecule has 3 heteroatoms. The van der Waals surface area contributed by atoms with Crippen LogP contribution in [0.2, 0.25) is 0 Å². The van der Waals surface area contributed by atoms with E-state index in [9.17, 15) is 4.79 Å². The van der Waals surface area contributed by atoms with Crippen molar-refractivity contribution in [2.24, 2.45) is 5.92 Å². The lowest BCUT2D eigenvalue weighted by Crippen LogP contribution is -2.48. The molecule has 0 aromatic rings. The molecule has 3 rings (SSSR count). The predicted octanol–water partition coefficient (Wildman–Crippen LogP) is 3.83. The molecule has 1 saturated heterocycles. The molecule has 1 heterocycles. The van der Waals surface area contributed by atoms with E-state index in [1.165, 1.54) is 44.9 Å². The fourth-order valence-electron chi connectivity index (χ4n) is 5.13. The molecule has 1 spiro atoms. The van der Waals surface area contributed by atoms with Crippen LogP contribution in [0, 0.1) is 5.92 Å². The van der Waals surface area contributed by atoms with Gasteiger partial charge in [0, 0.05) is 6.04 Å². The molecule has 2 atom stereocenters. The van der Waals surface area contributed by atoms with E-state index in [0.29, 0.717) is 11.9 Å². The van der Waals surface area contributed by atoms with Gasteiger partial charge in [-0.1, -0.05) is 46.0 Å². The van der Waals surface area contributed by atoms with Crippen molar-refractivity contribution in [3.8, 4) is 0 Å². The highest BCUT2D eigenvalue weighted by atomic mass is 16.2. The van der Waals surface area contributed by atoms with E-state index in [0.717, 1.165) is 31.6 Å². The Labute approximate surface area is 129 Å². The molecule has 1 amide bonds. The summed E-state index contributed by atoms with van der Waals surface area (Å²) in [5.74, 6) is 1.17. The summed E-state index contributed by atoms with van der Waals surface area (Å²) in [6.07, 6.45) is 13.7. The van der Waals surface area contributed by atoms with Crippen molar-refractivity contribution in [2.75, 3.05) is 0 Å². The van der Waals surface area contributed by atoms with E-state index < -0.39 is 0 Å². The second-order valence-corrected chi connectivity index (χ2v) is 7.44. The molecule has 3 fully saturated rings. The monoisotopic (exact) mass is 292 g/mol. The Bertz CT molecular complexity index is 369. The van der Waals surface area contributed by atoms with Gasteiger partial charge in [0.1, 0.15) is 0 Å². The van der Waals surface area contributed by atoms with Crippen LogP contribution in [-0.2, 0) is 4.79 Å². The van der Waals surface area contributed by atoms with Crippen LogP contribution in [-0.4, -0.2) is 28.6 Å². The SMILES string of the molecule is CCC1NC2(CCCC2)C(=O)N1C(CC)C1CCCCC1. The van der Waals surface area contributed by atoms with Crippen LogP contribution < -0.4 is 5.32 Å². The van der Waals surface area contributed by atoms with Gasteiger partial charge in [0.2, 0.25) is 5.91 Å². The van der Waals surface area contributed by atoms with E-state index in [1.807, 2.05) is 0 Å². The number of nitrogens with zero attached hydrogens (tertiary/aromatic N) is 1. The molecule has 1 aliphatic heterocycles. The Morgan fingerprint density at radius 2 is 1.81 bits per heavy atom. The van der Waals surface area contributed by atoms with Gasteiger partial charge in [-0.25, -0.2) is 0 Å². The van der Waals surface area contributed by atoms with Crippen molar-refractivity contribution in [3.05, 3.63) is 0 Å². The highest BCUT2D eigenvalue weighted by Crippen LogP contribution is 2.41. The van der Waals surface area contributed by atoms with E-state index in [-0.39, 0.29) is 11.7 Å². The highest BCUT2D eigenvalue weighted by molar-refractivity contribution is 5.89. The van der Waals surface area contributed by atoms with Crippen molar-refractivity contribution in [1.82, 2.24) is 10.2 Å². The van der Waals surface area contributed by atoms with Crippen molar-refractivity contribution in [2.45, 2.75) is 102 Å². The fraction of sp³-hybridized carbons (Fsp3) is 0.944. The third kappa shape index (κ3) is 2.62. The molecule has 21 heavy (non-hydrogen) atoms. The average Bonchev–Trinajstić information content (AvgIpc) is 3.10. The molecule has 0 aromatic carbocycles. The Hall–Kier alpha value is -0.570. The fourth-order valence-corrected chi connectivity index (χ4v) is 5.13. The first-order valence-corrected chi connectivity index (χ1v) is 9.32. The lowest BCUT2D eigenvalue weighted by molar-refractivity contribution is -0.137. The third-order valence-electron chi connectivity index (χ3n) is 6.24. The van der Waals surface area contributed by atoms with Gasteiger partial charge in [0.05, 0.1) is 11.7 Å². The average molecular weight is 292 g/mol. The van der Waals surface area contributed by atoms with Gasteiger partial charge in [0.25, 0.3) is 0 Å². The molecule has 2 aliphatic carbocycles. The number of carbonyl (C=O) groups excluding carboxylic acids is 1. The number of amides is 1. The van der Waals surface area contributed by atoms with Gasteiger partial charge in [-0.3, -0.25) is 10.1 Å².